The number of hydrogen-bond donors (Lipinski definition) is 0. The van der Waals surface area contributed by atoms with Crippen LogP contribution >= 0.6 is 11.8 Å². The highest BCUT2D eigenvalue weighted by Crippen LogP contribution is 2.33. The van der Waals surface area contributed by atoms with Crippen LogP contribution in [0, 0.1) is 5.82 Å². The van der Waals surface area contributed by atoms with Gasteiger partial charge in [0.15, 0.2) is 0 Å². The maximum absolute atomic E-state index is 13.8. The lowest BCUT2D eigenvalue weighted by molar-refractivity contribution is -0.123. The summed E-state index contributed by atoms with van der Waals surface area (Å²) in [5.41, 5.74) is 1.17. The molecule has 3 nitrogen and oxygen atoms in total. The molecule has 3 aromatic rings. The van der Waals surface area contributed by atoms with Crippen molar-refractivity contribution in [2.45, 2.75) is 6.54 Å². The summed E-state index contributed by atoms with van der Waals surface area (Å²) in [5, 5.41) is 1.81. The number of carbonyl (C=O) groups excluding carboxylic acids is 2. The molecule has 5 heteroatoms. The minimum absolute atomic E-state index is 0.199. The van der Waals surface area contributed by atoms with Crippen molar-refractivity contribution in [1.29, 1.82) is 0 Å². The number of nitrogens with zero attached hydrogens (tertiary/aromatic N) is 1. The Hall–Kier alpha value is -2.92. The average Bonchev–Trinajstić information content (AvgIpc) is 2.91. The van der Waals surface area contributed by atoms with Crippen molar-refractivity contribution >= 4 is 39.8 Å². The number of rotatable bonds is 3. The summed E-state index contributed by atoms with van der Waals surface area (Å²) in [7, 11) is 0. The number of hydrogen-bond acceptors (Lipinski definition) is 3. The lowest BCUT2D eigenvalue weighted by Crippen LogP contribution is -2.27. The Morgan fingerprint density at radius 2 is 1.65 bits per heavy atom. The van der Waals surface area contributed by atoms with Gasteiger partial charge in [-0.05, 0) is 46.3 Å². The van der Waals surface area contributed by atoms with E-state index in [1.165, 1.54) is 17.0 Å². The van der Waals surface area contributed by atoms with Crippen LogP contribution in [0.15, 0.2) is 71.6 Å². The lowest BCUT2D eigenvalue weighted by atomic mass is 10.1. The third-order valence-corrected chi connectivity index (χ3v) is 5.13. The van der Waals surface area contributed by atoms with Crippen LogP contribution in [0.2, 0.25) is 0 Å². The highest BCUT2D eigenvalue weighted by atomic mass is 32.2. The number of amides is 2. The molecule has 1 aliphatic heterocycles. The van der Waals surface area contributed by atoms with Crippen LogP contribution in [0.4, 0.5) is 9.18 Å². The fraction of sp³-hybridized carbons (Fsp3) is 0.0476. The Kier molecular flexibility index (Phi) is 4.31. The number of halogens is 1. The van der Waals surface area contributed by atoms with E-state index in [1.54, 1.807) is 18.2 Å². The summed E-state index contributed by atoms with van der Waals surface area (Å²) in [6, 6.07) is 19.9. The molecule has 1 saturated heterocycles. The maximum Gasteiger partial charge on any atom is 0.293 e. The van der Waals surface area contributed by atoms with Crippen LogP contribution in [0.25, 0.3) is 16.8 Å². The molecule has 0 atom stereocenters. The highest BCUT2D eigenvalue weighted by molar-refractivity contribution is 8.18. The first-order valence-corrected chi connectivity index (χ1v) is 8.91. The predicted octanol–water partition coefficient (Wildman–Crippen LogP) is 5.22. The number of thioether (sulfide) groups is 1. The second kappa shape index (κ2) is 6.77. The van der Waals surface area contributed by atoms with Crippen molar-refractivity contribution in [2.24, 2.45) is 0 Å². The van der Waals surface area contributed by atoms with E-state index in [4.69, 9.17) is 0 Å². The van der Waals surface area contributed by atoms with Gasteiger partial charge in [-0.25, -0.2) is 4.39 Å². The summed E-state index contributed by atoms with van der Waals surface area (Å²) in [5.74, 6) is -0.815. The molecule has 0 bridgehead atoms. The summed E-state index contributed by atoms with van der Waals surface area (Å²) < 4.78 is 13.8. The van der Waals surface area contributed by atoms with Crippen LogP contribution in [0.5, 0.6) is 0 Å². The summed E-state index contributed by atoms with van der Waals surface area (Å²) >= 11 is 0.840. The summed E-state index contributed by atoms with van der Waals surface area (Å²) in [6.45, 7) is 0.199. The monoisotopic (exact) mass is 363 g/mol. The van der Waals surface area contributed by atoms with Gasteiger partial charge in [-0.15, -0.1) is 0 Å². The van der Waals surface area contributed by atoms with Gasteiger partial charge in [-0.2, -0.15) is 0 Å². The molecule has 1 fully saturated rings. The number of fused-ring (bicyclic) bond motifs is 1. The van der Waals surface area contributed by atoms with Crippen LogP contribution < -0.4 is 0 Å². The van der Waals surface area contributed by atoms with Crippen LogP contribution in [-0.4, -0.2) is 16.0 Å². The molecule has 4 rings (SSSR count). The third-order valence-electron chi connectivity index (χ3n) is 4.22. The molecule has 1 aliphatic rings. The van der Waals surface area contributed by atoms with Crippen molar-refractivity contribution in [3.05, 3.63) is 88.6 Å². The molecule has 0 radical (unpaired) electrons. The number of carbonyl (C=O) groups is 2. The molecule has 128 valence electrons. The molecule has 3 aromatic carbocycles. The molecular weight excluding hydrogens is 349 g/mol. The van der Waals surface area contributed by atoms with E-state index in [1.807, 2.05) is 42.5 Å². The van der Waals surface area contributed by atoms with Gasteiger partial charge in [0.1, 0.15) is 5.82 Å². The van der Waals surface area contributed by atoms with E-state index in [9.17, 15) is 14.0 Å². The molecule has 0 saturated carbocycles. The van der Waals surface area contributed by atoms with Gasteiger partial charge in [-0.1, -0.05) is 54.6 Å². The fourth-order valence-corrected chi connectivity index (χ4v) is 3.72. The maximum atomic E-state index is 13.8. The number of imide groups is 1. The Balaban J connectivity index is 1.60. The van der Waals surface area contributed by atoms with Crippen molar-refractivity contribution in [3.8, 4) is 0 Å². The van der Waals surface area contributed by atoms with E-state index in [2.05, 4.69) is 0 Å². The summed E-state index contributed by atoms with van der Waals surface area (Å²) in [6.07, 6.45) is 1.43. The molecule has 0 spiro atoms. The minimum Gasteiger partial charge on any atom is -0.268 e. The Morgan fingerprint density at radius 3 is 2.46 bits per heavy atom. The molecule has 0 N–H and O–H groups in total. The molecule has 0 unspecified atom stereocenters. The second-order valence-electron chi connectivity index (χ2n) is 5.97. The second-order valence-corrected chi connectivity index (χ2v) is 6.96. The SMILES string of the molecule is O=C1S/C(=C\c2ccccc2F)C(=O)N1Cc1ccc2ccccc2c1. The minimum atomic E-state index is -0.422. The van der Waals surface area contributed by atoms with E-state index >= 15 is 0 Å². The van der Waals surface area contributed by atoms with E-state index in [0.29, 0.717) is 5.56 Å². The van der Waals surface area contributed by atoms with Crippen LogP contribution in [0.1, 0.15) is 11.1 Å². The fourth-order valence-electron chi connectivity index (χ4n) is 2.89. The Morgan fingerprint density at radius 1 is 0.923 bits per heavy atom. The van der Waals surface area contributed by atoms with Gasteiger partial charge in [0.2, 0.25) is 0 Å². The first kappa shape index (κ1) is 16.5. The van der Waals surface area contributed by atoms with E-state index in [-0.39, 0.29) is 16.7 Å². The zero-order chi connectivity index (χ0) is 18.1. The van der Waals surface area contributed by atoms with Crippen LogP contribution in [-0.2, 0) is 11.3 Å². The van der Waals surface area contributed by atoms with E-state index in [0.717, 1.165) is 28.1 Å². The van der Waals surface area contributed by atoms with Gasteiger partial charge < -0.3 is 0 Å². The van der Waals surface area contributed by atoms with Crippen molar-refractivity contribution in [2.75, 3.05) is 0 Å². The number of benzene rings is 3. The average molecular weight is 363 g/mol. The van der Waals surface area contributed by atoms with Gasteiger partial charge in [-0.3, -0.25) is 14.5 Å². The first-order chi connectivity index (χ1) is 12.6. The Bertz CT molecular complexity index is 1060. The standard InChI is InChI=1S/C21H14FNO2S/c22-18-8-4-3-7-17(18)12-19-20(24)23(21(25)26-19)13-14-9-10-15-5-1-2-6-16(15)11-14/h1-12H,13H2/b19-12-. The highest BCUT2D eigenvalue weighted by Gasteiger charge is 2.35. The topological polar surface area (TPSA) is 37.4 Å². The third kappa shape index (κ3) is 3.13. The molecule has 0 aromatic heterocycles. The van der Waals surface area contributed by atoms with Crippen molar-refractivity contribution in [1.82, 2.24) is 4.90 Å². The summed E-state index contributed by atoms with van der Waals surface area (Å²) in [4.78, 5) is 26.3. The zero-order valence-electron chi connectivity index (χ0n) is 13.7. The molecule has 1 heterocycles. The largest absolute Gasteiger partial charge is 0.293 e. The lowest BCUT2D eigenvalue weighted by Gasteiger charge is -2.13. The van der Waals surface area contributed by atoms with Gasteiger partial charge in [0.05, 0.1) is 11.4 Å². The van der Waals surface area contributed by atoms with Crippen molar-refractivity contribution in [3.63, 3.8) is 0 Å². The smallest absolute Gasteiger partial charge is 0.268 e. The van der Waals surface area contributed by atoms with Gasteiger partial charge in [0.25, 0.3) is 11.1 Å². The van der Waals surface area contributed by atoms with Gasteiger partial charge >= 0.3 is 0 Å². The predicted molar refractivity (Wildman–Crippen MR) is 102 cm³/mol. The zero-order valence-corrected chi connectivity index (χ0v) is 14.5. The molecular formula is C21H14FNO2S. The Labute approximate surface area is 154 Å². The molecule has 26 heavy (non-hydrogen) atoms. The van der Waals surface area contributed by atoms with E-state index < -0.39 is 11.7 Å². The van der Waals surface area contributed by atoms with Crippen LogP contribution in [0.3, 0.4) is 0 Å². The van der Waals surface area contributed by atoms with Crippen molar-refractivity contribution < 1.29 is 14.0 Å². The van der Waals surface area contributed by atoms with Gasteiger partial charge in [0, 0.05) is 5.56 Å². The normalized spacial score (nSPS) is 16.0. The first-order valence-electron chi connectivity index (χ1n) is 8.09. The molecule has 0 aliphatic carbocycles. The quantitative estimate of drug-likeness (QED) is 0.599. The molecule has 2 amide bonds.